The second-order valence-electron chi connectivity index (χ2n) is 22.9. The molecule has 3 heterocycles. The van der Waals surface area contributed by atoms with Crippen molar-refractivity contribution in [2.45, 2.75) is 84.5 Å². The maximum absolute atomic E-state index is 2.67. The van der Waals surface area contributed by atoms with Crippen molar-refractivity contribution in [1.82, 2.24) is 4.57 Å². The largest absolute Gasteiger partial charge is 0.311 e. The standard InChI is InChI=1S/C67H60BN3/c1-43-37-62-64-63(38-43)71(59-34-29-47(65(2,3)4)39-52(59)46-21-13-10-14-22-46)61-42-54-53(66(5,6)35-36-67(54,7)8)41-56(61)68(64)55-33-32-49(70-57-25-17-15-23-50(57)51-24-16-18-26-58(51)70)40-60(55)69(62)48-30-27-45(28-31-48)44-19-11-9-12-20-44/h9-34,37-42H,35-36H2,1-8H3. The maximum atomic E-state index is 2.67. The number of aryl methyl sites for hydroxylation is 1. The summed E-state index contributed by atoms with van der Waals surface area (Å²) in [5, 5.41) is 2.53. The fourth-order valence-corrected chi connectivity index (χ4v) is 12.5. The van der Waals surface area contributed by atoms with Gasteiger partial charge in [0.05, 0.1) is 16.7 Å². The van der Waals surface area contributed by atoms with Crippen molar-refractivity contribution in [2.75, 3.05) is 9.80 Å². The van der Waals surface area contributed by atoms with Gasteiger partial charge in [-0.25, -0.2) is 0 Å². The summed E-state index contributed by atoms with van der Waals surface area (Å²) in [7, 11) is 0. The average Bonchev–Trinajstić information content (AvgIpc) is 3.72. The van der Waals surface area contributed by atoms with Crippen LogP contribution in [0.4, 0.5) is 34.1 Å². The van der Waals surface area contributed by atoms with Crippen LogP contribution >= 0.6 is 0 Å². The lowest BCUT2D eigenvalue weighted by Crippen LogP contribution is -2.62. The molecule has 9 aromatic carbocycles. The highest BCUT2D eigenvalue weighted by Gasteiger charge is 2.47. The Labute approximate surface area is 420 Å². The smallest absolute Gasteiger partial charge is 0.252 e. The molecule has 0 N–H and O–H groups in total. The number of anilines is 6. The van der Waals surface area contributed by atoms with Gasteiger partial charge in [-0.05, 0) is 158 Å². The molecule has 4 heteroatoms. The van der Waals surface area contributed by atoms with Crippen LogP contribution in [0.5, 0.6) is 0 Å². The summed E-state index contributed by atoms with van der Waals surface area (Å²) in [5.41, 5.74) is 25.3. The predicted octanol–water partition coefficient (Wildman–Crippen LogP) is 16.2. The van der Waals surface area contributed by atoms with Gasteiger partial charge in [0.25, 0.3) is 6.71 Å². The fraction of sp³-hybridized carbons (Fsp3) is 0.194. The van der Waals surface area contributed by atoms with E-state index in [-0.39, 0.29) is 23.0 Å². The molecule has 1 aliphatic carbocycles. The average molecular weight is 918 g/mol. The van der Waals surface area contributed by atoms with Gasteiger partial charge >= 0.3 is 0 Å². The van der Waals surface area contributed by atoms with Gasteiger partial charge < -0.3 is 14.4 Å². The van der Waals surface area contributed by atoms with Crippen molar-refractivity contribution >= 4 is 79.0 Å². The maximum Gasteiger partial charge on any atom is 0.252 e. The molecule has 0 unspecified atom stereocenters. The molecule has 1 aromatic heterocycles. The Morgan fingerprint density at radius 3 is 1.61 bits per heavy atom. The summed E-state index contributed by atoms with van der Waals surface area (Å²) in [6.07, 6.45) is 2.30. The molecule has 0 radical (unpaired) electrons. The van der Waals surface area contributed by atoms with E-state index >= 15 is 0 Å². The second kappa shape index (κ2) is 15.7. The molecular weight excluding hydrogens is 858 g/mol. The Balaban J connectivity index is 1.13. The molecule has 0 saturated heterocycles. The van der Waals surface area contributed by atoms with E-state index in [9.17, 15) is 0 Å². The highest BCUT2D eigenvalue weighted by Crippen LogP contribution is 2.52. The van der Waals surface area contributed by atoms with Crippen LogP contribution in [0.2, 0.25) is 0 Å². The van der Waals surface area contributed by atoms with Crippen molar-refractivity contribution in [3.8, 4) is 27.9 Å². The summed E-state index contributed by atoms with van der Waals surface area (Å²) in [6, 6.07) is 73.7. The number of rotatable bonds is 5. The number of fused-ring (bicyclic) bond motifs is 8. The Bertz CT molecular complexity index is 3710. The Hall–Kier alpha value is -7.56. The van der Waals surface area contributed by atoms with E-state index in [1.165, 1.54) is 111 Å². The van der Waals surface area contributed by atoms with Crippen LogP contribution in [0.3, 0.4) is 0 Å². The number of benzene rings is 9. The van der Waals surface area contributed by atoms with Crippen LogP contribution in [-0.4, -0.2) is 11.3 Å². The van der Waals surface area contributed by atoms with Crippen molar-refractivity contribution in [2.24, 2.45) is 0 Å². The van der Waals surface area contributed by atoms with E-state index in [1.807, 2.05) is 0 Å². The SMILES string of the molecule is Cc1cc2c3c(c1)N(c1ccc(C(C)(C)C)cc1-c1ccccc1)c1cc4c(cc1B3c1ccc(-n3c5ccccc5c5ccccc53)cc1N2c1ccc(-c2ccccc2)cc1)C(C)(C)CCC4(C)C. The van der Waals surface area contributed by atoms with E-state index < -0.39 is 0 Å². The molecule has 0 fully saturated rings. The molecule has 346 valence electrons. The molecule has 3 nitrogen and oxygen atoms in total. The van der Waals surface area contributed by atoms with Crippen LogP contribution in [0.1, 0.15) is 83.6 Å². The van der Waals surface area contributed by atoms with E-state index in [0.717, 1.165) is 24.2 Å². The van der Waals surface area contributed by atoms with E-state index in [4.69, 9.17) is 0 Å². The molecule has 71 heavy (non-hydrogen) atoms. The summed E-state index contributed by atoms with van der Waals surface area (Å²) < 4.78 is 2.47. The molecule has 0 atom stereocenters. The van der Waals surface area contributed by atoms with Gasteiger partial charge in [0.15, 0.2) is 0 Å². The lowest BCUT2D eigenvalue weighted by atomic mass is 9.33. The molecule has 0 saturated carbocycles. The first-order valence-electron chi connectivity index (χ1n) is 25.7. The third-order valence-corrected chi connectivity index (χ3v) is 16.4. The summed E-state index contributed by atoms with van der Waals surface area (Å²) in [6.45, 7) is 19.1. The number of hydrogen-bond acceptors (Lipinski definition) is 2. The monoisotopic (exact) mass is 917 g/mol. The van der Waals surface area contributed by atoms with Crippen LogP contribution in [-0.2, 0) is 16.2 Å². The summed E-state index contributed by atoms with van der Waals surface area (Å²) in [5.74, 6) is 0. The highest BCUT2D eigenvalue weighted by atomic mass is 15.2. The first-order valence-corrected chi connectivity index (χ1v) is 25.7. The highest BCUT2D eigenvalue weighted by molar-refractivity contribution is 7.00. The normalized spacial score (nSPS) is 15.4. The first-order chi connectivity index (χ1) is 34.2. The van der Waals surface area contributed by atoms with Gasteiger partial charge in [-0.3, -0.25) is 0 Å². The minimum absolute atomic E-state index is 0.0194. The fourth-order valence-electron chi connectivity index (χ4n) is 12.5. The van der Waals surface area contributed by atoms with E-state index in [1.54, 1.807) is 0 Å². The molecule has 10 aromatic rings. The number of para-hydroxylation sites is 2. The first kappa shape index (κ1) is 43.5. The topological polar surface area (TPSA) is 11.4 Å². The van der Waals surface area contributed by atoms with Gasteiger partial charge in [-0.15, -0.1) is 0 Å². The second-order valence-corrected chi connectivity index (χ2v) is 22.9. The van der Waals surface area contributed by atoms with Crippen LogP contribution in [0, 0.1) is 6.92 Å². The molecule has 2 aliphatic heterocycles. The number of aromatic nitrogens is 1. The summed E-state index contributed by atoms with van der Waals surface area (Å²) in [4.78, 5) is 5.25. The van der Waals surface area contributed by atoms with Crippen LogP contribution < -0.4 is 26.2 Å². The third kappa shape index (κ3) is 6.78. The lowest BCUT2D eigenvalue weighted by Gasteiger charge is -2.47. The summed E-state index contributed by atoms with van der Waals surface area (Å²) >= 11 is 0. The third-order valence-electron chi connectivity index (χ3n) is 16.4. The zero-order valence-electron chi connectivity index (χ0n) is 42.3. The van der Waals surface area contributed by atoms with Crippen molar-refractivity contribution in [3.63, 3.8) is 0 Å². The minimum atomic E-state index is -0.0253. The van der Waals surface area contributed by atoms with Gasteiger partial charge in [0.1, 0.15) is 0 Å². The van der Waals surface area contributed by atoms with Gasteiger partial charge in [-0.1, -0.05) is 176 Å². The van der Waals surface area contributed by atoms with Gasteiger partial charge in [0.2, 0.25) is 0 Å². The minimum Gasteiger partial charge on any atom is -0.311 e. The molecule has 0 bridgehead atoms. The Morgan fingerprint density at radius 1 is 0.437 bits per heavy atom. The zero-order chi connectivity index (χ0) is 48.6. The quantitative estimate of drug-likeness (QED) is 0.159. The molecule has 13 rings (SSSR count). The molecular formula is C67H60BN3. The van der Waals surface area contributed by atoms with Gasteiger partial charge in [-0.2, -0.15) is 0 Å². The predicted molar refractivity (Wildman–Crippen MR) is 304 cm³/mol. The van der Waals surface area contributed by atoms with E-state index in [0.29, 0.717) is 0 Å². The number of hydrogen-bond donors (Lipinski definition) is 0. The van der Waals surface area contributed by atoms with Crippen molar-refractivity contribution in [3.05, 3.63) is 216 Å². The van der Waals surface area contributed by atoms with Crippen molar-refractivity contribution in [1.29, 1.82) is 0 Å². The van der Waals surface area contributed by atoms with Crippen LogP contribution in [0.25, 0.3) is 49.7 Å². The molecule has 0 spiro atoms. The van der Waals surface area contributed by atoms with E-state index in [2.05, 4.69) is 264 Å². The Morgan fingerprint density at radius 2 is 0.972 bits per heavy atom. The molecule has 3 aliphatic rings. The lowest BCUT2D eigenvalue weighted by molar-refractivity contribution is 0.332. The van der Waals surface area contributed by atoms with Crippen molar-refractivity contribution < 1.29 is 0 Å². The Kier molecular flexibility index (Phi) is 9.63. The number of nitrogens with zero attached hydrogens (tertiary/aromatic N) is 3. The molecule has 0 amide bonds. The zero-order valence-corrected chi connectivity index (χ0v) is 42.3. The van der Waals surface area contributed by atoms with Crippen LogP contribution in [0.15, 0.2) is 194 Å². The van der Waals surface area contributed by atoms with Gasteiger partial charge in [0, 0.05) is 50.5 Å².